The van der Waals surface area contributed by atoms with Crippen LogP contribution in [0, 0.1) is 0 Å². The Balaban J connectivity index is 1.77. The zero-order chi connectivity index (χ0) is 24.9. The number of carbonyl (C=O) groups is 2. The number of likely N-dealkylation sites (tertiary alicyclic amines) is 1. The highest BCUT2D eigenvalue weighted by atomic mass is 16.5. The predicted molar refractivity (Wildman–Crippen MR) is 129 cm³/mol. The van der Waals surface area contributed by atoms with Crippen LogP contribution in [-0.4, -0.2) is 87.3 Å². The molecule has 0 aliphatic carbocycles. The molecule has 2 fully saturated rings. The van der Waals surface area contributed by atoms with E-state index in [0.29, 0.717) is 54.7 Å². The van der Waals surface area contributed by atoms with E-state index in [-0.39, 0.29) is 11.3 Å². The summed E-state index contributed by atoms with van der Waals surface area (Å²) in [5.74, 6) is 0.00156. The Bertz CT molecular complexity index is 1110. The van der Waals surface area contributed by atoms with Crippen LogP contribution < -0.4 is 14.2 Å². The fourth-order valence-corrected chi connectivity index (χ4v) is 4.46. The number of ether oxygens (including phenoxy) is 4. The van der Waals surface area contributed by atoms with Crippen molar-refractivity contribution in [3.05, 3.63) is 59.2 Å². The van der Waals surface area contributed by atoms with E-state index in [2.05, 4.69) is 4.90 Å². The second-order valence-corrected chi connectivity index (χ2v) is 8.29. The van der Waals surface area contributed by atoms with Crippen LogP contribution in [0.25, 0.3) is 5.76 Å². The summed E-state index contributed by atoms with van der Waals surface area (Å²) < 4.78 is 21.4. The van der Waals surface area contributed by atoms with Gasteiger partial charge in [0.05, 0.1) is 46.2 Å². The molecule has 2 saturated heterocycles. The summed E-state index contributed by atoms with van der Waals surface area (Å²) in [6.45, 7) is 3.70. The average Bonchev–Trinajstić information content (AvgIpc) is 3.16. The van der Waals surface area contributed by atoms with Gasteiger partial charge >= 0.3 is 0 Å². The fraction of sp³-hybridized carbons (Fsp3) is 0.385. The van der Waals surface area contributed by atoms with Crippen LogP contribution >= 0.6 is 0 Å². The Kier molecular flexibility index (Phi) is 7.57. The van der Waals surface area contributed by atoms with Gasteiger partial charge in [0.1, 0.15) is 11.5 Å². The number of aliphatic hydroxyl groups is 1. The minimum atomic E-state index is -0.780. The molecule has 1 amide bonds. The van der Waals surface area contributed by atoms with Crippen LogP contribution in [0.3, 0.4) is 0 Å². The lowest BCUT2D eigenvalue weighted by atomic mass is 9.95. The van der Waals surface area contributed by atoms with Crippen LogP contribution in [0.5, 0.6) is 17.2 Å². The molecule has 1 N–H and O–H groups in total. The van der Waals surface area contributed by atoms with Crippen LogP contribution in [0.4, 0.5) is 0 Å². The van der Waals surface area contributed by atoms with Gasteiger partial charge in [-0.1, -0.05) is 6.07 Å². The van der Waals surface area contributed by atoms with Gasteiger partial charge in [-0.05, 0) is 42.0 Å². The number of morpholine rings is 1. The molecular weight excluding hydrogens is 452 g/mol. The third kappa shape index (κ3) is 4.96. The van der Waals surface area contributed by atoms with Crippen LogP contribution in [0.1, 0.15) is 17.2 Å². The first-order valence-corrected chi connectivity index (χ1v) is 11.4. The molecule has 4 rings (SSSR count). The highest BCUT2D eigenvalue weighted by Crippen LogP contribution is 2.42. The molecule has 0 radical (unpaired) electrons. The lowest BCUT2D eigenvalue weighted by molar-refractivity contribution is -0.140. The van der Waals surface area contributed by atoms with Crippen molar-refractivity contribution in [3.63, 3.8) is 0 Å². The number of aliphatic hydroxyl groups excluding tert-OH is 1. The third-order valence-electron chi connectivity index (χ3n) is 6.39. The number of carbonyl (C=O) groups excluding carboxylic acids is 2. The minimum absolute atomic E-state index is 0.0364. The molecule has 2 aliphatic heterocycles. The first kappa shape index (κ1) is 24.6. The third-order valence-corrected chi connectivity index (χ3v) is 6.39. The zero-order valence-corrected chi connectivity index (χ0v) is 20.2. The van der Waals surface area contributed by atoms with Gasteiger partial charge in [-0.2, -0.15) is 0 Å². The molecule has 2 heterocycles. The number of amides is 1. The first-order chi connectivity index (χ1) is 17.0. The largest absolute Gasteiger partial charge is 0.507 e. The molecule has 0 spiro atoms. The van der Waals surface area contributed by atoms with Crippen molar-refractivity contribution in [1.29, 1.82) is 0 Å². The molecule has 2 aliphatic rings. The van der Waals surface area contributed by atoms with Crippen molar-refractivity contribution < 1.29 is 33.6 Å². The summed E-state index contributed by atoms with van der Waals surface area (Å²) in [5.41, 5.74) is 1.09. The Morgan fingerprint density at radius 3 is 2.26 bits per heavy atom. The number of methoxy groups -OCH3 is 3. The van der Waals surface area contributed by atoms with Crippen molar-refractivity contribution in [2.75, 3.05) is 60.7 Å². The second-order valence-electron chi connectivity index (χ2n) is 8.29. The van der Waals surface area contributed by atoms with E-state index >= 15 is 0 Å². The summed E-state index contributed by atoms with van der Waals surface area (Å²) in [5, 5.41) is 11.2. The Labute approximate surface area is 204 Å². The van der Waals surface area contributed by atoms with Gasteiger partial charge in [-0.3, -0.25) is 14.5 Å². The van der Waals surface area contributed by atoms with E-state index < -0.39 is 17.7 Å². The van der Waals surface area contributed by atoms with Gasteiger partial charge in [0.15, 0.2) is 11.5 Å². The molecule has 35 heavy (non-hydrogen) atoms. The Hall–Kier alpha value is -3.56. The molecule has 0 bridgehead atoms. The monoisotopic (exact) mass is 482 g/mol. The summed E-state index contributed by atoms with van der Waals surface area (Å²) in [4.78, 5) is 30.2. The summed E-state index contributed by atoms with van der Waals surface area (Å²) in [6.07, 6.45) is 0. The maximum atomic E-state index is 13.2. The smallest absolute Gasteiger partial charge is 0.295 e. The maximum absolute atomic E-state index is 13.2. The summed E-state index contributed by atoms with van der Waals surface area (Å²) in [6, 6.07) is 11.1. The number of rotatable bonds is 8. The SMILES string of the molecule is COc1ccc(C(O)=C2C(=O)C(=O)N(CCN3CCOCC3)[C@H]2c2ccc(OC)c(OC)c2)cc1. The number of nitrogens with zero attached hydrogens (tertiary/aromatic N) is 2. The van der Waals surface area contributed by atoms with E-state index in [1.807, 2.05) is 0 Å². The van der Waals surface area contributed by atoms with E-state index in [9.17, 15) is 14.7 Å². The van der Waals surface area contributed by atoms with E-state index in [0.717, 1.165) is 13.1 Å². The number of ketones is 1. The number of Topliss-reactive ketones (excluding diaryl/α,β-unsaturated/α-hetero) is 1. The molecule has 0 aromatic heterocycles. The molecule has 1 atom stereocenters. The van der Waals surface area contributed by atoms with Crippen LogP contribution in [0.15, 0.2) is 48.0 Å². The van der Waals surface area contributed by atoms with Crippen molar-refractivity contribution >= 4 is 17.4 Å². The lowest BCUT2D eigenvalue weighted by Gasteiger charge is -2.31. The van der Waals surface area contributed by atoms with Gasteiger partial charge in [-0.25, -0.2) is 0 Å². The topological polar surface area (TPSA) is 97.8 Å². The molecule has 186 valence electrons. The molecule has 0 saturated carbocycles. The fourth-order valence-electron chi connectivity index (χ4n) is 4.46. The number of hydrogen-bond donors (Lipinski definition) is 1. The highest BCUT2D eigenvalue weighted by molar-refractivity contribution is 6.46. The van der Waals surface area contributed by atoms with Crippen LogP contribution in [-0.2, 0) is 14.3 Å². The molecule has 2 aromatic carbocycles. The Morgan fingerprint density at radius 1 is 0.943 bits per heavy atom. The van der Waals surface area contributed by atoms with Gasteiger partial charge in [0.25, 0.3) is 11.7 Å². The summed E-state index contributed by atoms with van der Waals surface area (Å²) in [7, 11) is 4.61. The van der Waals surface area contributed by atoms with E-state index in [4.69, 9.17) is 18.9 Å². The molecular formula is C26H30N2O7. The second kappa shape index (κ2) is 10.8. The quantitative estimate of drug-likeness (QED) is 0.348. The standard InChI is InChI=1S/C26H30N2O7/c1-32-19-7-4-17(5-8-19)24(29)22-23(18-6-9-20(33-2)21(16-18)34-3)28(26(31)25(22)30)11-10-27-12-14-35-15-13-27/h4-9,16,23,29H,10-15H2,1-3H3/t23-/m0/s1. The normalized spacial score (nSPS) is 20.2. The van der Waals surface area contributed by atoms with E-state index in [1.54, 1.807) is 49.6 Å². The minimum Gasteiger partial charge on any atom is -0.507 e. The van der Waals surface area contributed by atoms with Gasteiger partial charge in [-0.15, -0.1) is 0 Å². The molecule has 2 aromatic rings. The lowest BCUT2D eigenvalue weighted by Crippen LogP contribution is -2.42. The van der Waals surface area contributed by atoms with Gasteiger partial charge < -0.3 is 29.0 Å². The number of benzene rings is 2. The molecule has 9 nitrogen and oxygen atoms in total. The maximum Gasteiger partial charge on any atom is 0.295 e. The average molecular weight is 483 g/mol. The van der Waals surface area contributed by atoms with Crippen molar-refractivity contribution in [2.45, 2.75) is 6.04 Å². The molecule has 9 heteroatoms. The highest BCUT2D eigenvalue weighted by Gasteiger charge is 2.46. The van der Waals surface area contributed by atoms with Crippen molar-refractivity contribution in [1.82, 2.24) is 9.80 Å². The van der Waals surface area contributed by atoms with Crippen LogP contribution in [0.2, 0.25) is 0 Å². The van der Waals surface area contributed by atoms with Gasteiger partial charge in [0, 0.05) is 31.7 Å². The molecule has 0 unspecified atom stereocenters. The first-order valence-electron chi connectivity index (χ1n) is 11.4. The summed E-state index contributed by atoms with van der Waals surface area (Å²) >= 11 is 0. The zero-order valence-electron chi connectivity index (χ0n) is 20.2. The van der Waals surface area contributed by atoms with E-state index in [1.165, 1.54) is 19.1 Å². The van der Waals surface area contributed by atoms with Crippen molar-refractivity contribution in [3.8, 4) is 17.2 Å². The predicted octanol–water partition coefficient (Wildman–Crippen LogP) is 2.47. The van der Waals surface area contributed by atoms with Gasteiger partial charge in [0.2, 0.25) is 0 Å². The number of hydrogen-bond acceptors (Lipinski definition) is 8. The Morgan fingerprint density at radius 2 is 1.63 bits per heavy atom. The van der Waals surface area contributed by atoms with Crippen molar-refractivity contribution in [2.24, 2.45) is 0 Å².